The fourth-order valence-electron chi connectivity index (χ4n) is 0.728. The van der Waals surface area contributed by atoms with Crippen molar-refractivity contribution in [3.63, 3.8) is 0 Å². The van der Waals surface area contributed by atoms with Crippen LogP contribution in [0.15, 0.2) is 0 Å². The van der Waals surface area contributed by atoms with E-state index in [1.165, 1.54) is 0 Å². The molecule has 0 bridgehead atoms. The highest BCUT2D eigenvalue weighted by atomic mass is 16.5. The Hall–Kier alpha value is -0.120. The summed E-state index contributed by atoms with van der Waals surface area (Å²) >= 11 is 0. The molecule has 12 heavy (non-hydrogen) atoms. The predicted molar refractivity (Wildman–Crippen MR) is 52.5 cm³/mol. The third kappa shape index (κ3) is 7.98. The fourth-order valence-corrected chi connectivity index (χ4v) is 0.728. The molecule has 3 nitrogen and oxygen atoms in total. The summed E-state index contributed by atoms with van der Waals surface area (Å²) in [6.07, 6.45) is 0. The molecule has 0 N–H and O–H groups in total. The van der Waals surface area contributed by atoms with Crippen molar-refractivity contribution in [2.24, 2.45) is 0 Å². The zero-order valence-corrected chi connectivity index (χ0v) is 8.84. The zero-order valence-electron chi connectivity index (χ0n) is 8.84. The van der Waals surface area contributed by atoms with E-state index in [4.69, 9.17) is 4.74 Å². The molecule has 0 aliphatic rings. The summed E-state index contributed by atoms with van der Waals surface area (Å²) < 4.78 is 5.43. The Labute approximate surface area is 76.3 Å². The Morgan fingerprint density at radius 2 is 1.58 bits per heavy atom. The summed E-state index contributed by atoms with van der Waals surface area (Å²) in [5, 5.41) is 0. The van der Waals surface area contributed by atoms with Gasteiger partial charge in [-0.25, -0.2) is 0 Å². The van der Waals surface area contributed by atoms with Crippen LogP contribution in [0.5, 0.6) is 0 Å². The monoisotopic (exact) mass is 174 g/mol. The van der Waals surface area contributed by atoms with Crippen molar-refractivity contribution in [2.75, 3.05) is 54.0 Å². The van der Waals surface area contributed by atoms with Gasteiger partial charge in [-0.2, -0.15) is 0 Å². The molecule has 0 radical (unpaired) electrons. The largest absolute Gasteiger partial charge is 0.379 e. The lowest BCUT2D eigenvalue weighted by Crippen LogP contribution is -2.24. The van der Waals surface area contributed by atoms with E-state index in [1.54, 1.807) is 0 Å². The molecular weight excluding hydrogens is 152 g/mol. The maximum atomic E-state index is 5.43. The van der Waals surface area contributed by atoms with Crippen molar-refractivity contribution in [3.8, 4) is 0 Å². The Morgan fingerprint density at radius 1 is 1.00 bits per heavy atom. The highest BCUT2D eigenvalue weighted by Crippen LogP contribution is 1.83. The van der Waals surface area contributed by atoms with Crippen LogP contribution in [0.4, 0.5) is 0 Å². The maximum absolute atomic E-state index is 5.43. The molecule has 0 fully saturated rings. The van der Waals surface area contributed by atoms with Crippen molar-refractivity contribution >= 4 is 0 Å². The lowest BCUT2D eigenvalue weighted by Gasteiger charge is -2.14. The van der Waals surface area contributed by atoms with Gasteiger partial charge in [0.1, 0.15) is 0 Å². The van der Waals surface area contributed by atoms with Crippen LogP contribution in [0, 0.1) is 0 Å². The van der Waals surface area contributed by atoms with Gasteiger partial charge in [0.2, 0.25) is 0 Å². The standard InChI is InChI=1S/C9H22N2O/c1-5-11(4)7-9-12-8-6-10(2)3/h5-9H2,1-4H3. The molecule has 0 atom stereocenters. The van der Waals surface area contributed by atoms with Crippen molar-refractivity contribution in [2.45, 2.75) is 6.92 Å². The van der Waals surface area contributed by atoms with Crippen LogP contribution in [0.3, 0.4) is 0 Å². The molecule has 0 rings (SSSR count). The average molecular weight is 174 g/mol. The predicted octanol–water partition coefficient (Wildman–Crippen LogP) is 0.516. The Bertz CT molecular complexity index is 96.5. The third-order valence-corrected chi connectivity index (χ3v) is 1.84. The first kappa shape index (κ1) is 11.9. The SMILES string of the molecule is CCN(C)CCOCCN(C)C. The molecular formula is C9H22N2O. The fraction of sp³-hybridized carbons (Fsp3) is 1.00. The van der Waals surface area contributed by atoms with Gasteiger partial charge >= 0.3 is 0 Å². The van der Waals surface area contributed by atoms with Crippen LogP contribution >= 0.6 is 0 Å². The number of ether oxygens (including phenoxy) is 1. The molecule has 3 heteroatoms. The van der Waals surface area contributed by atoms with Gasteiger partial charge in [0.15, 0.2) is 0 Å². The van der Waals surface area contributed by atoms with E-state index in [0.29, 0.717) is 0 Å². The molecule has 0 amide bonds. The smallest absolute Gasteiger partial charge is 0.0593 e. The molecule has 0 aliphatic carbocycles. The summed E-state index contributed by atoms with van der Waals surface area (Å²) in [4.78, 5) is 4.37. The van der Waals surface area contributed by atoms with Gasteiger partial charge < -0.3 is 14.5 Å². The molecule has 74 valence electrons. The van der Waals surface area contributed by atoms with Crippen molar-refractivity contribution in [1.82, 2.24) is 9.80 Å². The topological polar surface area (TPSA) is 15.7 Å². The van der Waals surface area contributed by atoms with E-state index in [1.807, 2.05) is 0 Å². The molecule has 0 aliphatic heterocycles. The van der Waals surface area contributed by atoms with Crippen LogP contribution in [0.25, 0.3) is 0 Å². The van der Waals surface area contributed by atoms with E-state index < -0.39 is 0 Å². The van der Waals surface area contributed by atoms with E-state index in [9.17, 15) is 0 Å². The maximum Gasteiger partial charge on any atom is 0.0593 e. The summed E-state index contributed by atoms with van der Waals surface area (Å²) in [7, 11) is 6.22. The molecule has 0 aromatic carbocycles. The first-order valence-corrected chi connectivity index (χ1v) is 4.57. The summed E-state index contributed by atoms with van der Waals surface area (Å²) in [6, 6.07) is 0. The van der Waals surface area contributed by atoms with E-state index in [-0.39, 0.29) is 0 Å². The Morgan fingerprint density at radius 3 is 2.08 bits per heavy atom. The van der Waals surface area contributed by atoms with Gasteiger partial charge in [-0.3, -0.25) is 0 Å². The summed E-state index contributed by atoms with van der Waals surface area (Å²) in [5.74, 6) is 0. The van der Waals surface area contributed by atoms with Gasteiger partial charge in [0.25, 0.3) is 0 Å². The highest BCUT2D eigenvalue weighted by molar-refractivity contribution is 4.46. The number of hydrogen-bond acceptors (Lipinski definition) is 3. The van der Waals surface area contributed by atoms with Crippen molar-refractivity contribution in [1.29, 1.82) is 0 Å². The first-order valence-electron chi connectivity index (χ1n) is 4.57. The van der Waals surface area contributed by atoms with E-state index in [2.05, 4.69) is 37.9 Å². The molecule has 0 aromatic heterocycles. The zero-order chi connectivity index (χ0) is 9.40. The second-order valence-electron chi connectivity index (χ2n) is 3.31. The number of likely N-dealkylation sites (N-methyl/N-ethyl adjacent to an activating group) is 2. The van der Waals surface area contributed by atoms with Gasteiger partial charge in [-0.05, 0) is 27.7 Å². The second kappa shape index (κ2) is 7.53. The van der Waals surface area contributed by atoms with Gasteiger partial charge in [0.05, 0.1) is 13.2 Å². The van der Waals surface area contributed by atoms with Gasteiger partial charge in [-0.15, -0.1) is 0 Å². The minimum Gasteiger partial charge on any atom is -0.379 e. The number of rotatable bonds is 7. The summed E-state index contributed by atoms with van der Waals surface area (Å²) in [6.45, 7) is 6.97. The molecule has 0 heterocycles. The van der Waals surface area contributed by atoms with Crippen LogP contribution in [0.2, 0.25) is 0 Å². The van der Waals surface area contributed by atoms with E-state index >= 15 is 0 Å². The number of nitrogens with zero attached hydrogens (tertiary/aromatic N) is 2. The minimum absolute atomic E-state index is 0.838. The van der Waals surface area contributed by atoms with Crippen LogP contribution < -0.4 is 0 Å². The van der Waals surface area contributed by atoms with Crippen LogP contribution in [-0.2, 0) is 4.74 Å². The average Bonchev–Trinajstić information content (AvgIpc) is 2.03. The van der Waals surface area contributed by atoms with Crippen molar-refractivity contribution < 1.29 is 4.74 Å². The lowest BCUT2D eigenvalue weighted by atomic mass is 10.5. The highest BCUT2D eigenvalue weighted by Gasteiger charge is 1.94. The molecule has 0 unspecified atom stereocenters. The number of hydrogen-bond donors (Lipinski definition) is 0. The van der Waals surface area contributed by atoms with E-state index in [0.717, 1.165) is 32.8 Å². The molecule has 0 aromatic rings. The van der Waals surface area contributed by atoms with Crippen molar-refractivity contribution in [3.05, 3.63) is 0 Å². The first-order chi connectivity index (χ1) is 5.66. The van der Waals surface area contributed by atoms with Crippen LogP contribution in [0.1, 0.15) is 6.92 Å². The van der Waals surface area contributed by atoms with Gasteiger partial charge in [0, 0.05) is 13.1 Å². The Kier molecular flexibility index (Phi) is 7.45. The normalized spacial score (nSPS) is 11.5. The van der Waals surface area contributed by atoms with Gasteiger partial charge in [-0.1, -0.05) is 6.92 Å². The third-order valence-electron chi connectivity index (χ3n) is 1.84. The molecule has 0 saturated heterocycles. The molecule has 0 spiro atoms. The second-order valence-corrected chi connectivity index (χ2v) is 3.31. The lowest BCUT2D eigenvalue weighted by molar-refractivity contribution is 0.1000. The molecule has 0 saturated carbocycles. The summed E-state index contributed by atoms with van der Waals surface area (Å²) in [5.41, 5.74) is 0. The Balaban J connectivity index is 3.00. The quantitative estimate of drug-likeness (QED) is 0.523. The van der Waals surface area contributed by atoms with Crippen LogP contribution in [-0.4, -0.2) is 63.8 Å². The minimum atomic E-state index is 0.838.